The molecule has 26 heavy (non-hydrogen) atoms. The van der Waals surface area contributed by atoms with E-state index < -0.39 is 68.0 Å². The molecule has 1 aromatic rings. The van der Waals surface area contributed by atoms with Gasteiger partial charge >= 0.3 is 24.7 Å². The molecule has 0 fully saturated rings. The molecule has 0 aliphatic rings. The van der Waals surface area contributed by atoms with Crippen molar-refractivity contribution in [2.45, 2.75) is 29.6 Å². The van der Waals surface area contributed by atoms with Gasteiger partial charge in [-0.3, -0.25) is 0 Å². The summed E-state index contributed by atoms with van der Waals surface area (Å²) in [7, 11) is -6.93. The summed E-state index contributed by atoms with van der Waals surface area (Å²) < 4.78 is 186. The first-order valence-electron chi connectivity index (χ1n) is 5.55. The highest BCUT2D eigenvalue weighted by Crippen LogP contribution is 2.52. The van der Waals surface area contributed by atoms with Crippen LogP contribution in [0.1, 0.15) is 22.3 Å². The molecule has 0 aliphatic carbocycles. The van der Waals surface area contributed by atoms with E-state index in [2.05, 4.69) is 0 Å². The first kappa shape index (κ1) is 22.3. The van der Waals surface area contributed by atoms with Gasteiger partial charge in [0, 0.05) is 0 Å². The second-order valence-corrected chi connectivity index (χ2v) is 5.81. The molecule has 0 unspecified atom stereocenters. The predicted octanol–water partition coefficient (Wildman–Crippen LogP) is 4.67. The molecule has 0 atom stereocenters. The number of alkyl halides is 12. The maximum absolute atomic E-state index is 12.9. The standard InChI is InChI=1S/C10H2F12O3S/c11-7(12,13)2-1-3(8(14,15)16)6(26(23,24)25)5(10(20,21)22)4(2)9(17,18)19/h1H,(H,23,24,25)/p-1. The van der Waals surface area contributed by atoms with Crippen molar-refractivity contribution in [2.24, 2.45) is 0 Å². The van der Waals surface area contributed by atoms with Crippen LogP contribution >= 0.6 is 0 Å². The molecule has 0 aliphatic heterocycles. The largest absolute Gasteiger partial charge is 0.744 e. The molecule has 0 saturated heterocycles. The fourth-order valence-electron chi connectivity index (χ4n) is 1.92. The van der Waals surface area contributed by atoms with Crippen molar-refractivity contribution in [1.29, 1.82) is 0 Å². The average molecular weight is 429 g/mol. The molecule has 0 spiro atoms. The van der Waals surface area contributed by atoms with Gasteiger partial charge in [-0.15, -0.1) is 0 Å². The zero-order chi connectivity index (χ0) is 21.1. The van der Waals surface area contributed by atoms with Gasteiger partial charge in [0.25, 0.3) is 0 Å². The fraction of sp³-hybridized carbons (Fsp3) is 0.400. The van der Waals surface area contributed by atoms with E-state index in [1.165, 1.54) is 0 Å². The smallest absolute Gasteiger partial charge is 0.418 e. The van der Waals surface area contributed by atoms with Crippen LogP contribution in [0.3, 0.4) is 0 Å². The van der Waals surface area contributed by atoms with Crippen molar-refractivity contribution in [3.8, 4) is 0 Å². The van der Waals surface area contributed by atoms with E-state index in [0.29, 0.717) is 0 Å². The fourth-order valence-corrected chi connectivity index (χ4v) is 2.84. The quantitative estimate of drug-likeness (QED) is 0.482. The Morgan fingerprint density at radius 1 is 0.615 bits per heavy atom. The number of hydrogen-bond donors (Lipinski definition) is 0. The zero-order valence-corrected chi connectivity index (χ0v) is 12.1. The van der Waals surface area contributed by atoms with Crippen LogP contribution < -0.4 is 0 Å². The predicted molar refractivity (Wildman–Crippen MR) is 54.4 cm³/mol. The van der Waals surface area contributed by atoms with Gasteiger partial charge in [-0.05, 0) is 6.07 Å². The van der Waals surface area contributed by atoms with Crippen LogP contribution in [0, 0.1) is 0 Å². The summed E-state index contributed by atoms with van der Waals surface area (Å²) >= 11 is 0. The van der Waals surface area contributed by atoms with Gasteiger partial charge in [0.05, 0.1) is 27.1 Å². The first-order chi connectivity index (χ1) is 11.1. The van der Waals surface area contributed by atoms with Crippen molar-refractivity contribution < 1.29 is 65.7 Å². The second kappa shape index (κ2) is 5.90. The van der Waals surface area contributed by atoms with E-state index >= 15 is 0 Å². The minimum absolute atomic E-state index is 1.50. The van der Waals surface area contributed by atoms with Crippen LogP contribution in [-0.4, -0.2) is 13.0 Å². The molecule has 0 N–H and O–H groups in total. The van der Waals surface area contributed by atoms with E-state index in [1.54, 1.807) is 0 Å². The monoisotopic (exact) mass is 429 g/mol. The highest BCUT2D eigenvalue weighted by Gasteiger charge is 2.55. The van der Waals surface area contributed by atoms with Crippen molar-refractivity contribution in [2.75, 3.05) is 0 Å². The summed E-state index contributed by atoms with van der Waals surface area (Å²) in [5.74, 6) is 0. The maximum atomic E-state index is 12.9. The van der Waals surface area contributed by atoms with Crippen LogP contribution in [0.4, 0.5) is 52.7 Å². The third-order valence-electron chi connectivity index (χ3n) is 2.71. The summed E-state index contributed by atoms with van der Waals surface area (Å²) in [5, 5.41) is 0. The maximum Gasteiger partial charge on any atom is 0.418 e. The third-order valence-corrected chi connectivity index (χ3v) is 3.63. The van der Waals surface area contributed by atoms with Gasteiger partial charge in [-0.2, -0.15) is 52.7 Å². The average Bonchev–Trinajstić information content (AvgIpc) is 2.30. The molecule has 1 rings (SSSR count). The Bertz CT molecular complexity index is 810. The SMILES string of the molecule is O=S(=O)([O-])c1c(C(F)(F)F)cc(C(F)(F)F)c(C(F)(F)F)c1C(F)(F)F. The Hall–Kier alpha value is -1.71. The topological polar surface area (TPSA) is 57.2 Å². The molecular formula is C10HF12O3S-. The molecule has 16 heteroatoms. The molecule has 0 aromatic heterocycles. The van der Waals surface area contributed by atoms with Crippen molar-refractivity contribution in [3.05, 3.63) is 28.3 Å². The van der Waals surface area contributed by atoms with Crippen molar-refractivity contribution in [1.82, 2.24) is 0 Å². The Balaban J connectivity index is 4.49. The molecule has 0 heterocycles. The van der Waals surface area contributed by atoms with Crippen LogP contribution in [0.25, 0.3) is 0 Å². The summed E-state index contributed by atoms with van der Waals surface area (Å²) in [6, 6.07) is -1.50. The first-order valence-corrected chi connectivity index (χ1v) is 6.96. The van der Waals surface area contributed by atoms with E-state index in [9.17, 15) is 65.7 Å². The van der Waals surface area contributed by atoms with E-state index in [0.717, 1.165) is 0 Å². The number of rotatable bonds is 1. The molecule has 0 saturated carbocycles. The van der Waals surface area contributed by atoms with Gasteiger partial charge in [0.2, 0.25) is 0 Å². The van der Waals surface area contributed by atoms with E-state index in [1.807, 2.05) is 0 Å². The van der Waals surface area contributed by atoms with Crippen LogP contribution in [0.15, 0.2) is 11.0 Å². The van der Waals surface area contributed by atoms with Crippen LogP contribution in [-0.2, 0) is 34.8 Å². The van der Waals surface area contributed by atoms with Crippen LogP contribution in [0.2, 0.25) is 0 Å². The molecule has 0 radical (unpaired) electrons. The lowest BCUT2D eigenvalue weighted by atomic mass is 9.95. The zero-order valence-electron chi connectivity index (χ0n) is 11.2. The Morgan fingerprint density at radius 3 is 1.19 bits per heavy atom. The number of hydrogen-bond acceptors (Lipinski definition) is 3. The molecule has 150 valence electrons. The van der Waals surface area contributed by atoms with Gasteiger partial charge in [0.15, 0.2) is 0 Å². The van der Waals surface area contributed by atoms with E-state index in [-0.39, 0.29) is 0 Å². The summed E-state index contributed by atoms with van der Waals surface area (Å²) in [4.78, 5) is -3.49. The summed E-state index contributed by atoms with van der Waals surface area (Å²) in [5.41, 5.74) is -14.4. The van der Waals surface area contributed by atoms with Gasteiger partial charge in [0.1, 0.15) is 10.1 Å². The molecule has 0 bridgehead atoms. The highest BCUT2D eigenvalue weighted by atomic mass is 32.2. The Morgan fingerprint density at radius 2 is 0.962 bits per heavy atom. The van der Waals surface area contributed by atoms with Crippen LogP contribution in [0.5, 0.6) is 0 Å². The number of halogens is 12. The molecular weight excluding hydrogens is 428 g/mol. The normalized spacial score (nSPS) is 14.7. The van der Waals surface area contributed by atoms with E-state index in [4.69, 9.17) is 0 Å². The third kappa shape index (κ3) is 4.33. The molecule has 3 nitrogen and oxygen atoms in total. The lowest BCUT2D eigenvalue weighted by Gasteiger charge is -2.27. The summed E-state index contributed by atoms with van der Waals surface area (Å²) in [6.45, 7) is 0. The molecule has 0 amide bonds. The molecule has 1 aromatic carbocycles. The lowest BCUT2D eigenvalue weighted by molar-refractivity contribution is -0.178. The second-order valence-electron chi connectivity index (χ2n) is 4.50. The Labute approximate surface area is 135 Å². The number of benzene rings is 1. The van der Waals surface area contributed by atoms with Gasteiger partial charge in [-0.25, -0.2) is 8.42 Å². The van der Waals surface area contributed by atoms with Crippen molar-refractivity contribution in [3.63, 3.8) is 0 Å². The minimum Gasteiger partial charge on any atom is -0.744 e. The minimum atomic E-state index is -6.93. The van der Waals surface area contributed by atoms with Gasteiger partial charge < -0.3 is 4.55 Å². The summed E-state index contributed by atoms with van der Waals surface area (Å²) in [6.07, 6.45) is -26.0. The Kier molecular flexibility index (Phi) is 5.07. The van der Waals surface area contributed by atoms with Gasteiger partial charge in [-0.1, -0.05) is 0 Å². The highest BCUT2D eigenvalue weighted by molar-refractivity contribution is 7.85. The van der Waals surface area contributed by atoms with Crippen molar-refractivity contribution >= 4 is 10.1 Å². The lowest BCUT2D eigenvalue weighted by Crippen LogP contribution is -2.29.